The molecule has 2 amide bonds. The number of benzene rings is 2. The summed E-state index contributed by atoms with van der Waals surface area (Å²) < 4.78 is 28.2. The third-order valence-corrected chi connectivity index (χ3v) is 9.44. The van der Waals surface area contributed by atoms with Crippen molar-refractivity contribution in [1.82, 2.24) is 14.9 Å². The molecule has 7 nitrogen and oxygen atoms in total. The molecule has 1 aliphatic carbocycles. The Labute approximate surface area is 221 Å². The SMILES string of the molecule is CC(C)(C)c1ccc(S(=O)(=O)N2CCC[C@@H](C(=O)N[C@@H]3CCCC[C@H]3NC(=O)c3ccccc3)C2)cc1. The molecule has 1 saturated heterocycles. The summed E-state index contributed by atoms with van der Waals surface area (Å²) in [5.41, 5.74) is 1.61. The second kappa shape index (κ2) is 11.4. The van der Waals surface area contributed by atoms with Crippen LogP contribution >= 0.6 is 0 Å². The highest BCUT2D eigenvalue weighted by Gasteiger charge is 2.36. The number of piperidine rings is 1. The standard InChI is InChI=1S/C29H39N3O4S/c1-29(2,3)23-15-17-24(18-16-23)37(35,36)32-19-9-12-22(20-32)28(34)31-26-14-8-7-13-25(26)30-27(33)21-10-5-4-6-11-21/h4-6,10-11,15-18,22,25-26H,7-9,12-14,19-20H2,1-3H3,(H,30,33)(H,31,34)/t22-,25-,26-/m1/s1. The quantitative estimate of drug-likeness (QED) is 0.590. The average Bonchev–Trinajstić information content (AvgIpc) is 2.90. The van der Waals surface area contributed by atoms with E-state index in [0.29, 0.717) is 24.9 Å². The van der Waals surface area contributed by atoms with Crippen LogP contribution in [-0.4, -0.2) is 49.7 Å². The number of amides is 2. The van der Waals surface area contributed by atoms with Crippen molar-refractivity contribution in [3.05, 3.63) is 65.7 Å². The van der Waals surface area contributed by atoms with Gasteiger partial charge in [-0.25, -0.2) is 8.42 Å². The molecule has 8 heteroatoms. The molecule has 1 aliphatic heterocycles. The van der Waals surface area contributed by atoms with Crippen LogP contribution in [0.4, 0.5) is 0 Å². The van der Waals surface area contributed by atoms with E-state index in [2.05, 4.69) is 31.4 Å². The fourth-order valence-electron chi connectivity index (χ4n) is 5.27. The Morgan fingerprint density at radius 1 is 0.838 bits per heavy atom. The van der Waals surface area contributed by atoms with Gasteiger partial charge in [0.1, 0.15) is 0 Å². The van der Waals surface area contributed by atoms with Crippen molar-refractivity contribution >= 4 is 21.8 Å². The third kappa shape index (κ3) is 6.60. The van der Waals surface area contributed by atoms with Crippen LogP contribution in [-0.2, 0) is 20.2 Å². The molecule has 2 aromatic carbocycles. The summed E-state index contributed by atoms with van der Waals surface area (Å²) in [5.74, 6) is -0.683. The van der Waals surface area contributed by atoms with Gasteiger partial charge in [0.15, 0.2) is 0 Å². The van der Waals surface area contributed by atoms with Crippen LogP contribution in [0.5, 0.6) is 0 Å². The number of hydrogen-bond donors (Lipinski definition) is 2. The Morgan fingerprint density at radius 3 is 2.08 bits per heavy atom. The second-order valence-corrected chi connectivity index (χ2v) is 13.3. The van der Waals surface area contributed by atoms with E-state index in [1.807, 2.05) is 30.3 Å². The molecule has 0 aromatic heterocycles. The Hall–Kier alpha value is -2.71. The molecule has 1 heterocycles. The summed E-state index contributed by atoms with van der Waals surface area (Å²) in [4.78, 5) is 26.3. The number of nitrogens with zero attached hydrogens (tertiary/aromatic N) is 1. The van der Waals surface area contributed by atoms with Gasteiger partial charge in [0.25, 0.3) is 5.91 Å². The predicted molar refractivity (Wildman–Crippen MR) is 145 cm³/mol. The largest absolute Gasteiger partial charge is 0.351 e. The lowest BCUT2D eigenvalue weighted by molar-refractivity contribution is -0.127. The topological polar surface area (TPSA) is 95.6 Å². The Morgan fingerprint density at radius 2 is 1.46 bits per heavy atom. The van der Waals surface area contributed by atoms with Crippen LogP contribution in [0, 0.1) is 5.92 Å². The van der Waals surface area contributed by atoms with Crippen molar-refractivity contribution < 1.29 is 18.0 Å². The minimum Gasteiger partial charge on any atom is -0.351 e. The van der Waals surface area contributed by atoms with Gasteiger partial charge in [-0.1, -0.05) is 63.9 Å². The molecule has 2 aromatic rings. The smallest absolute Gasteiger partial charge is 0.251 e. The van der Waals surface area contributed by atoms with Crippen molar-refractivity contribution in [2.24, 2.45) is 5.92 Å². The van der Waals surface area contributed by atoms with Crippen molar-refractivity contribution in [2.45, 2.75) is 81.7 Å². The van der Waals surface area contributed by atoms with Gasteiger partial charge in [-0.3, -0.25) is 9.59 Å². The number of nitrogens with one attached hydrogen (secondary N) is 2. The van der Waals surface area contributed by atoms with E-state index in [1.54, 1.807) is 24.3 Å². The molecule has 0 unspecified atom stereocenters. The zero-order chi connectivity index (χ0) is 26.6. The molecular weight excluding hydrogens is 486 g/mol. The highest BCUT2D eigenvalue weighted by molar-refractivity contribution is 7.89. The molecule has 4 rings (SSSR count). The minimum atomic E-state index is -3.68. The Bertz CT molecular complexity index is 1190. The predicted octanol–water partition coefficient (Wildman–Crippen LogP) is 4.24. The van der Waals surface area contributed by atoms with E-state index in [0.717, 1.165) is 31.2 Å². The second-order valence-electron chi connectivity index (χ2n) is 11.3. The first kappa shape index (κ1) is 27.3. The number of sulfonamides is 1. The van der Waals surface area contributed by atoms with Gasteiger partial charge < -0.3 is 10.6 Å². The molecule has 1 saturated carbocycles. The fraction of sp³-hybridized carbons (Fsp3) is 0.517. The van der Waals surface area contributed by atoms with Crippen LogP contribution in [0.15, 0.2) is 59.5 Å². The maximum atomic E-state index is 13.4. The number of carbonyl (C=O) groups is 2. The van der Waals surface area contributed by atoms with Gasteiger partial charge in [0.05, 0.1) is 10.8 Å². The first-order valence-electron chi connectivity index (χ1n) is 13.3. The van der Waals surface area contributed by atoms with Gasteiger partial charge in [0.2, 0.25) is 15.9 Å². The van der Waals surface area contributed by atoms with Crippen LogP contribution in [0.3, 0.4) is 0 Å². The lowest BCUT2D eigenvalue weighted by Crippen LogP contribution is -2.55. The van der Waals surface area contributed by atoms with Crippen LogP contribution in [0.1, 0.15) is 75.2 Å². The van der Waals surface area contributed by atoms with Gasteiger partial charge in [-0.2, -0.15) is 4.31 Å². The van der Waals surface area contributed by atoms with E-state index in [9.17, 15) is 18.0 Å². The maximum absolute atomic E-state index is 13.4. The van der Waals surface area contributed by atoms with E-state index in [1.165, 1.54) is 4.31 Å². The number of hydrogen-bond acceptors (Lipinski definition) is 4. The monoisotopic (exact) mass is 525 g/mol. The van der Waals surface area contributed by atoms with Crippen molar-refractivity contribution in [2.75, 3.05) is 13.1 Å². The third-order valence-electron chi connectivity index (χ3n) is 7.56. The summed E-state index contributed by atoms with van der Waals surface area (Å²) >= 11 is 0. The minimum absolute atomic E-state index is 0.0614. The maximum Gasteiger partial charge on any atom is 0.251 e. The lowest BCUT2D eigenvalue weighted by Gasteiger charge is -2.36. The van der Waals surface area contributed by atoms with Gasteiger partial charge in [-0.15, -0.1) is 0 Å². The molecule has 37 heavy (non-hydrogen) atoms. The van der Waals surface area contributed by atoms with Crippen LogP contribution in [0.2, 0.25) is 0 Å². The van der Waals surface area contributed by atoms with Gasteiger partial charge in [-0.05, 0) is 60.9 Å². The number of rotatable bonds is 6. The van der Waals surface area contributed by atoms with Gasteiger partial charge >= 0.3 is 0 Å². The Balaban J connectivity index is 1.40. The van der Waals surface area contributed by atoms with Crippen LogP contribution in [0.25, 0.3) is 0 Å². The zero-order valence-corrected chi connectivity index (χ0v) is 22.9. The summed E-state index contributed by atoms with van der Waals surface area (Å²) in [6, 6.07) is 15.9. The van der Waals surface area contributed by atoms with E-state index in [4.69, 9.17) is 0 Å². The van der Waals surface area contributed by atoms with E-state index >= 15 is 0 Å². The molecule has 0 radical (unpaired) electrons. The molecular formula is C29H39N3O4S. The summed E-state index contributed by atoms with van der Waals surface area (Å²) in [6.45, 7) is 6.85. The van der Waals surface area contributed by atoms with Crippen molar-refractivity contribution in [3.8, 4) is 0 Å². The molecule has 2 N–H and O–H groups in total. The molecule has 2 aliphatic rings. The first-order valence-corrected chi connectivity index (χ1v) is 14.8. The van der Waals surface area contributed by atoms with Crippen molar-refractivity contribution in [3.63, 3.8) is 0 Å². The molecule has 0 bridgehead atoms. The summed E-state index contributed by atoms with van der Waals surface area (Å²) in [7, 11) is -3.68. The lowest BCUT2D eigenvalue weighted by atomic mass is 9.87. The Kier molecular flexibility index (Phi) is 8.39. The first-order chi connectivity index (χ1) is 17.6. The highest BCUT2D eigenvalue weighted by atomic mass is 32.2. The molecule has 0 spiro atoms. The highest BCUT2D eigenvalue weighted by Crippen LogP contribution is 2.28. The summed E-state index contributed by atoms with van der Waals surface area (Å²) in [5, 5.41) is 6.26. The molecule has 3 atom stereocenters. The van der Waals surface area contributed by atoms with E-state index < -0.39 is 15.9 Å². The number of carbonyl (C=O) groups excluding carboxylic acids is 2. The van der Waals surface area contributed by atoms with Gasteiger partial charge in [0, 0.05) is 30.7 Å². The van der Waals surface area contributed by atoms with E-state index in [-0.39, 0.29) is 40.8 Å². The molecule has 200 valence electrons. The van der Waals surface area contributed by atoms with Crippen LogP contribution < -0.4 is 10.6 Å². The normalized spacial score (nSPS) is 23.3. The average molecular weight is 526 g/mol. The summed E-state index contributed by atoms with van der Waals surface area (Å²) in [6.07, 6.45) is 4.86. The zero-order valence-electron chi connectivity index (χ0n) is 22.1. The fourth-order valence-corrected chi connectivity index (χ4v) is 6.79. The molecule has 2 fully saturated rings. The van der Waals surface area contributed by atoms with Crippen molar-refractivity contribution in [1.29, 1.82) is 0 Å².